The van der Waals surface area contributed by atoms with Crippen LogP contribution in [0.15, 0.2) is 60.9 Å². The first-order chi connectivity index (χ1) is 7.86. The highest BCUT2D eigenvalue weighted by atomic mass is 16.1. The van der Waals surface area contributed by atoms with Crippen molar-refractivity contribution < 1.29 is 9.36 Å². The lowest BCUT2D eigenvalue weighted by molar-refractivity contribution is -0.699. The summed E-state index contributed by atoms with van der Waals surface area (Å²) in [4.78, 5) is 11.7. The minimum Gasteiger partial charge on any atom is -0.297 e. The van der Waals surface area contributed by atoms with Crippen molar-refractivity contribution in [3.8, 4) is 0 Å². The van der Waals surface area contributed by atoms with Crippen LogP contribution in [-0.2, 0) is 6.67 Å². The second kappa shape index (κ2) is 5.07. The number of carbonyl (C=O) groups is 1. The Morgan fingerprint density at radius 1 is 1.00 bits per heavy atom. The van der Waals surface area contributed by atoms with E-state index in [1.54, 1.807) is 12.1 Å². The fourth-order valence-electron chi connectivity index (χ4n) is 1.39. The molecular weight excluding hydrogens is 200 g/mol. The van der Waals surface area contributed by atoms with Gasteiger partial charge in [0, 0.05) is 17.7 Å². The number of nitrogens with zero attached hydrogens (tertiary/aromatic N) is 1. The molecule has 2 rings (SSSR count). The summed E-state index contributed by atoms with van der Waals surface area (Å²) in [5.74, 6) is -0.0584. The molecular formula is C13H13N2O+. The van der Waals surface area contributed by atoms with Crippen LogP contribution < -0.4 is 9.88 Å². The number of amides is 1. The molecule has 16 heavy (non-hydrogen) atoms. The van der Waals surface area contributed by atoms with Crippen LogP contribution in [0.2, 0.25) is 0 Å². The van der Waals surface area contributed by atoms with Crippen molar-refractivity contribution >= 4 is 5.91 Å². The third kappa shape index (κ3) is 2.67. The molecule has 3 nitrogen and oxygen atoms in total. The maximum Gasteiger partial charge on any atom is 0.256 e. The maximum atomic E-state index is 11.7. The molecule has 1 aromatic heterocycles. The van der Waals surface area contributed by atoms with Gasteiger partial charge in [0.1, 0.15) is 0 Å². The van der Waals surface area contributed by atoms with E-state index in [1.165, 1.54) is 0 Å². The van der Waals surface area contributed by atoms with Crippen LogP contribution in [0.4, 0.5) is 0 Å². The van der Waals surface area contributed by atoms with Crippen LogP contribution in [0, 0.1) is 0 Å². The zero-order valence-electron chi connectivity index (χ0n) is 8.84. The number of hydrogen-bond acceptors (Lipinski definition) is 1. The average Bonchev–Trinajstić information content (AvgIpc) is 2.38. The van der Waals surface area contributed by atoms with E-state index in [1.807, 2.05) is 53.4 Å². The Kier molecular flexibility index (Phi) is 3.28. The molecule has 0 saturated carbocycles. The second-order valence-corrected chi connectivity index (χ2v) is 3.42. The number of nitrogens with one attached hydrogen (secondary N) is 1. The van der Waals surface area contributed by atoms with E-state index in [9.17, 15) is 4.79 Å². The Labute approximate surface area is 94.4 Å². The van der Waals surface area contributed by atoms with Crippen LogP contribution in [0.5, 0.6) is 0 Å². The summed E-state index contributed by atoms with van der Waals surface area (Å²) in [6, 6.07) is 15.0. The van der Waals surface area contributed by atoms with Gasteiger partial charge in [-0.3, -0.25) is 10.1 Å². The van der Waals surface area contributed by atoms with Gasteiger partial charge in [-0.1, -0.05) is 24.3 Å². The number of carbonyl (C=O) groups excluding carboxylic acids is 1. The lowest BCUT2D eigenvalue weighted by Gasteiger charge is -2.01. The summed E-state index contributed by atoms with van der Waals surface area (Å²) in [6.45, 7) is 0.481. The number of benzene rings is 1. The zero-order chi connectivity index (χ0) is 11.2. The van der Waals surface area contributed by atoms with E-state index in [4.69, 9.17) is 0 Å². The van der Waals surface area contributed by atoms with E-state index >= 15 is 0 Å². The topological polar surface area (TPSA) is 33.0 Å². The molecule has 0 spiro atoms. The first-order valence-corrected chi connectivity index (χ1v) is 5.13. The molecule has 2 aromatic rings. The third-order valence-corrected chi connectivity index (χ3v) is 2.24. The van der Waals surface area contributed by atoms with E-state index in [2.05, 4.69) is 5.32 Å². The number of aromatic nitrogens is 1. The van der Waals surface area contributed by atoms with E-state index in [0.29, 0.717) is 12.2 Å². The number of rotatable bonds is 3. The molecule has 0 bridgehead atoms. The highest BCUT2D eigenvalue weighted by molar-refractivity contribution is 5.93. The van der Waals surface area contributed by atoms with Crippen molar-refractivity contribution in [2.24, 2.45) is 0 Å². The van der Waals surface area contributed by atoms with Crippen LogP contribution in [-0.4, -0.2) is 5.91 Å². The molecule has 1 heterocycles. The predicted molar refractivity (Wildman–Crippen MR) is 60.5 cm³/mol. The highest BCUT2D eigenvalue weighted by Crippen LogP contribution is 1.96. The Balaban J connectivity index is 1.95. The first-order valence-electron chi connectivity index (χ1n) is 5.13. The van der Waals surface area contributed by atoms with Gasteiger partial charge in [-0.15, -0.1) is 0 Å². The quantitative estimate of drug-likeness (QED) is 0.767. The predicted octanol–water partition coefficient (Wildman–Crippen LogP) is 1.36. The molecule has 0 aliphatic carbocycles. The van der Waals surface area contributed by atoms with Crippen molar-refractivity contribution in [1.82, 2.24) is 5.32 Å². The third-order valence-electron chi connectivity index (χ3n) is 2.24. The Morgan fingerprint density at radius 2 is 1.62 bits per heavy atom. The van der Waals surface area contributed by atoms with Crippen molar-refractivity contribution in [3.63, 3.8) is 0 Å². The number of hydrogen-bond donors (Lipinski definition) is 1. The summed E-state index contributed by atoms with van der Waals surface area (Å²) >= 11 is 0. The molecule has 0 atom stereocenters. The van der Waals surface area contributed by atoms with Crippen molar-refractivity contribution in [3.05, 3.63) is 66.5 Å². The summed E-state index contributed by atoms with van der Waals surface area (Å²) in [5.41, 5.74) is 0.680. The van der Waals surface area contributed by atoms with Crippen LogP contribution in [0.25, 0.3) is 0 Å². The highest BCUT2D eigenvalue weighted by Gasteiger charge is 2.05. The smallest absolute Gasteiger partial charge is 0.256 e. The summed E-state index contributed by atoms with van der Waals surface area (Å²) in [6.07, 6.45) is 3.82. The van der Waals surface area contributed by atoms with Gasteiger partial charge in [-0.25, -0.2) is 0 Å². The Hall–Kier alpha value is -2.16. The average molecular weight is 213 g/mol. The molecule has 0 radical (unpaired) electrons. The minimum absolute atomic E-state index is 0.0584. The molecule has 3 heteroatoms. The van der Waals surface area contributed by atoms with Crippen molar-refractivity contribution in [2.75, 3.05) is 0 Å². The Morgan fingerprint density at radius 3 is 2.31 bits per heavy atom. The van der Waals surface area contributed by atoms with Gasteiger partial charge in [0.2, 0.25) is 6.67 Å². The SMILES string of the molecule is O=C(NC[n+]1ccccc1)c1ccccc1. The van der Waals surface area contributed by atoms with Crippen LogP contribution >= 0.6 is 0 Å². The molecule has 0 aliphatic heterocycles. The van der Waals surface area contributed by atoms with Gasteiger partial charge < -0.3 is 0 Å². The molecule has 0 saturated heterocycles. The van der Waals surface area contributed by atoms with Gasteiger partial charge in [-0.2, -0.15) is 4.57 Å². The van der Waals surface area contributed by atoms with Gasteiger partial charge >= 0.3 is 0 Å². The number of pyridine rings is 1. The fourth-order valence-corrected chi connectivity index (χ4v) is 1.39. The van der Waals surface area contributed by atoms with Crippen LogP contribution in [0.3, 0.4) is 0 Å². The summed E-state index contributed by atoms with van der Waals surface area (Å²) in [7, 11) is 0. The Bertz CT molecular complexity index is 454. The lowest BCUT2D eigenvalue weighted by atomic mass is 10.2. The van der Waals surface area contributed by atoms with Crippen molar-refractivity contribution in [2.45, 2.75) is 6.67 Å². The van der Waals surface area contributed by atoms with E-state index in [-0.39, 0.29) is 5.91 Å². The lowest BCUT2D eigenvalue weighted by Crippen LogP contribution is -2.42. The monoisotopic (exact) mass is 213 g/mol. The normalized spacial score (nSPS) is 9.75. The largest absolute Gasteiger partial charge is 0.297 e. The van der Waals surface area contributed by atoms with Crippen LogP contribution in [0.1, 0.15) is 10.4 Å². The molecule has 1 N–H and O–H groups in total. The fraction of sp³-hybridized carbons (Fsp3) is 0.0769. The maximum absolute atomic E-state index is 11.7. The standard InChI is InChI=1S/C13H12N2O/c16-13(12-7-3-1-4-8-12)14-11-15-9-5-2-6-10-15/h1-10H,11H2/p+1. The molecule has 0 fully saturated rings. The van der Waals surface area contributed by atoms with Crippen molar-refractivity contribution in [1.29, 1.82) is 0 Å². The van der Waals surface area contributed by atoms with E-state index < -0.39 is 0 Å². The van der Waals surface area contributed by atoms with Gasteiger partial charge in [0.25, 0.3) is 5.91 Å². The summed E-state index contributed by atoms with van der Waals surface area (Å²) < 4.78 is 1.90. The van der Waals surface area contributed by atoms with E-state index in [0.717, 1.165) is 0 Å². The minimum atomic E-state index is -0.0584. The molecule has 0 aliphatic rings. The van der Waals surface area contributed by atoms with Gasteiger partial charge in [-0.05, 0) is 12.1 Å². The molecule has 1 amide bonds. The molecule has 0 unspecified atom stereocenters. The first kappa shape index (κ1) is 10.4. The zero-order valence-corrected chi connectivity index (χ0v) is 8.84. The molecule has 1 aromatic carbocycles. The van der Waals surface area contributed by atoms with Gasteiger partial charge in [0.05, 0.1) is 0 Å². The second-order valence-electron chi connectivity index (χ2n) is 3.42. The molecule has 80 valence electrons. The van der Waals surface area contributed by atoms with Gasteiger partial charge in [0.15, 0.2) is 12.4 Å². The summed E-state index contributed by atoms with van der Waals surface area (Å²) in [5, 5.41) is 2.84.